The number of anilines is 1. The number of aromatic amines is 1. The van der Waals surface area contributed by atoms with Gasteiger partial charge in [-0.15, -0.1) is 0 Å². The molecule has 1 aromatic carbocycles. The number of furan rings is 1. The zero-order valence-corrected chi connectivity index (χ0v) is 12.4. The molecule has 0 saturated heterocycles. The molecule has 0 aliphatic rings. The Balaban J connectivity index is 1.93. The zero-order valence-electron chi connectivity index (χ0n) is 12.4. The summed E-state index contributed by atoms with van der Waals surface area (Å²) in [4.78, 5) is 15.5. The molecule has 4 nitrogen and oxygen atoms in total. The molecule has 3 rings (SSSR count). The first-order valence-electron chi connectivity index (χ1n) is 7.03. The maximum atomic E-state index is 12.4. The molecular formula is C17H18N2O2. The van der Waals surface area contributed by atoms with Gasteiger partial charge in [0.15, 0.2) is 5.58 Å². The van der Waals surface area contributed by atoms with Crippen LogP contribution >= 0.6 is 0 Å². The van der Waals surface area contributed by atoms with Crippen LogP contribution < -0.4 is 5.32 Å². The highest BCUT2D eigenvalue weighted by Gasteiger charge is 2.15. The lowest BCUT2D eigenvalue weighted by Gasteiger charge is -2.16. The second kappa shape index (κ2) is 5.13. The van der Waals surface area contributed by atoms with Crippen molar-refractivity contribution in [2.24, 2.45) is 0 Å². The van der Waals surface area contributed by atoms with Crippen LogP contribution in [0.4, 0.5) is 5.69 Å². The fourth-order valence-corrected chi connectivity index (χ4v) is 2.49. The van der Waals surface area contributed by atoms with Crippen LogP contribution in [0.5, 0.6) is 0 Å². The Morgan fingerprint density at radius 1 is 1.29 bits per heavy atom. The average Bonchev–Trinajstić information content (AvgIpc) is 3.01. The number of benzene rings is 1. The van der Waals surface area contributed by atoms with E-state index >= 15 is 0 Å². The van der Waals surface area contributed by atoms with E-state index in [2.05, 4.69) is 24.1 Å². The van der Waals surface area contributed by atoms with Gasteiger partial charge in [-0.05, 0) is 24.0 Å². The lowest BCUT2D eigenvalue weighted by molar-refractivity contribution is 0.102. The number of para-hydroxylation sites is 1. The molecule has 0 aliphatic carbocycles. The quantitative estimate of drug-likeness (QED) is 0.745. The highest BCUT2D eigenvalue weighted by molar-refractivity contribution is 6.06. The van der Waals surface area contributed by atoms with Crippen molar-refractivity contribution in [3.63, 3.8) is 0 Å². The Bertz CT molecular complexity index is 768. The van der Waals surface area contributed by atoms with Crippen molar-refractivity contribution < 1.29 is 9.21 Å². The summed E-state index contributed by atoms with van der Waals surface area (Å²) in [7, 11) is 0. The predicted octanol–water partition coefficient (Wildman–Crippen LogP) is 4.45. The van der Waals surface area contributed by atoms with Crippen LogP contribution in [0.2, 0.25) is 0 Å². The highest BCUT2D eigenvalue weighted by Crippen LogP contribution is 2.28. The van der Waals surface area contributed by atoms with E-state index in [9.17, 15) is 4.79 Å². The van der Waals surface area contributed by atoms with E-state index in [0.717, 1.165) is 22.3 Å². The fourth-order valence-electron chi connectivity index (χ4n) is 2.49. The van der Waals surface area contributed by atoms with Gasteiger partial charge in [0.05, 0.1) is 11.8 Å². The van der Waals surface area contributed by atoms with Crippen LogP contribution in [0, 0.1) is 6.92 Å². The van der Waals surface area contributed by atoms with Gasteiger partial charge in [-0.2, -0.15) is 0 Å². The average molecular weight is 282 g/mol. The number of carbonyl (C=O) groups is 1. The first-order valence-corrected chi connectivity index (χ1v) is 7.03. The molecule has 0 atom stereocenters. The third-order valence-corrected chi connectivity index (χ3v) is 3.65. The van der Waals surface area contributed by atoms with Gasteiger partial charge < -0.3 is 14.7 Å². The molecule has 2 aromatic heterocycles. The standard InChI is InChI=1S/C17H18N2O2/c1-10(2)12-6-4-5-11(3)16(12)19-17(20)14-9-15-13(18-14)7-8-21-15/h4-10,18H,1-3H3,(H,19,20). The number of carbonyl (C=O) groups excluding carboxylic acids is 1. The molecule has 0 bridgehead atoms. The minimum atomic E-state index is -0.155. The predicted molar refractivity (Wildman–Crippen MR) is 83.8 cm³/mol. The molecule has 0 unspecified atom stereocenters. The van der Waals surface area contributed by atoms with Gasteiger partial charge >= 0.3 is 0 Å². The Kier molecular flexibility index (Phi) is 3.29. The number of aromatic nitrogens is 1. The summed E-state index contributed by atoms with van der Waals surface area (Å²) in [5, 5.41) is 3.02. The molecule has 0 spiro atoms. The first kappa shape index (κ1) is 13.5. The molecule has 2 heterocycles. The molecule has 0 aliphatic heterocycles. The first-order chi connectivity index (χ1) is 10.1. The molecule has 1 amide bonds. The molecule has 2 N–H and O–H groups in total. The number of H-pyrrole nitrogens is 1. The number of rotatable bonds is 3. The van der Waals surface area contributed by atoms with Crippen molar-refractivity contribution in [2.45, 2.75) is 26.7 Å². The minimum absolute atomic E-state index is 0.155. The smallest absolute Gasteiger partial charge is 0.272 e. The molecule has 0 radical (unpaired) electrons. The van der Waals surface area contributed by atoms with Crippen LogP contribution in [0.3, 0.4) is 0 Å². The minimum Gasteiger partial charge on any atom is -0.463 e. The summed E-state index contributed by atoms with van der Waals surface area (Å²) in [5.74, 6) is 0.192. The van der Waals surface area contributed by atoms with E-state index in [1.807, 2.05) is 25.1 Å². The lowest BCUT2D eigenvalue weighted by atomic mass is 9.98. The maximum absolute atomic E-state index is 12.4. The van der Waals surface area contributed by atoms with E-state index in [0.29, 0.717) is 17.2 Å². The number of nitrogens with one attached hydrogen (secondary N) is 2. The molecular weight excluding hydrogens is 264 g/mol. The summed E-state index contributed by atoms with van der Waals surface area (Å²) in [6, 6.07) is 9.59. The van der Waals surface area contributed by atoms with Gasteiger partial charge in [-0.1, -0.05) is 32.0 Å². The number of aryl methyl sites for hydroxylation is 1. The van der Waals surface area contributed by atoms with E-state index in [4.69, 9.17) is 4.42 Å². The third-order valence-electron chi connectivity index (χ3n) is 3.65. The van der Waals surface area contributed by atoms with Crippen LogP contribution in [0.15, 0.2) is 41.0 Å². The van der Waals surface area contributed by atoms with Crippen LogP contribution in [0.1, 0.15) is 41.4 Å². The number of fused-ring (bicyclic) bond motifs is 1. The van der Waals surface area contributed by atoms with Crippen molar-refractivity contribution in [1.82, 2.24) is 4.98 Å². The Morgan fingerprint density at radius 2 is 2.10 bits per heavy atom. The van der Waals surface area contributed by atoms with Gasteiger partial charge in [0, 0.05) is 17.8 Å². The zero-order chi connectivity index (χ0) is 15.0. The Labute approximate surface area is 123 Å². The largest absolute Gasteiger partial charge is 0.463 e. The SMILES string of the molecule is Cc1cccc(C(C)C)c1NC(=O)c1cc2occc2[nH]1. The Hall–Kier alpha value is -2.49. The third kappa shape index (κ3) is 2.44. The summed E-state index contributed by atoms with van der Waals surface area (Å²) in [6.07, 6.45) is 1.60. The summed E-state index contributed by atoms with van der Waals surface area (Å²) in [6.45, 7) is 6.24. The second-order valence-corrected chi connectivity index (χ2v) is 5.53. The molecule has 21 heavy (non-hydrogen) atoms. The lowest BCUT2D eigenvalue weighted by Crippen LogP contribution is -2.15. The van der Waals surface area contributed by atoms with Crippen LogP contribution in [-0.2, 0) is 0 Å². The maximum Gasteiger partial charge on any atom is 0.272 e. The number of hydrogen-bond acceptors (Lipinski definition) is 2. The van der Waals surface area contributed by atoms with Gasteiger partial charge in [0.25, 0.3) is 5.91 Å². The number of amides is 1. The van der Waals surface area contributed by atoms with Gasteiger partial charge in [0.2, 0.25) is 0 Å². The van der Waals surface area contributed by atoms with Gasteiger partial charge in [-0.25, -0.2) is 0 Å². The van der Waals surface area contributed by atoms with Crippen molar-refractivity contribution in [1.29, 1.82) is 0 Å². The second-order valence-electron chi connectivity index (χ2n) is 5.53. The van der Waals surface area contributed by atoms with Gasteiger partial charge in [-0.3, -0.25) is 4.79 Å². The van der Waals surface area contributed by atoms with Crippen molar-refractivity contribution in [3.05, 3.63) is 53.4 Å². The van der Waals surface area contributed by atoms with E-state index in [-0.39, 0.29) is 5.91 Å². The van der Waals surface area contributed by atoms with Crippen molar-refractivity contribution >= 4 is 22.7 Å². The molecule has 0 saturated carbocycles. The fraction of sp³-hybridized carbons (Fsp3) is 0.235. The number of hydrogen-bond donors (Lipinski definition) is 2. The molecule has 0 fully saturated rings. The Morgan fingerprint density at radius 3 is 2.81 bits per heavy atom. The van der Waals surface area contributed by atoms with E-state index < -0.39 is 0 Å². The highest BCUT2D eigenvalue weighted by atomic mass is 16.3. The van der Waals surface area contributed by atoms with E-state index in [1.165, 1.54) is 0 Å². The summed E-state index contributed by atoms with van der Waals surface area (Å²) < 4.78 is 5.27. The topological polar surface area (TPSA) is 58.0 Å². The van der Waals surface area contributed by atoms with Crippen molar-refractivity contribution in [3.8, 4) is 0 Å². The van der Waals surface area contributed by atoms with E-state index in [1.54, 1.807) is 18.4 Å². The van der Waals surface area contributed by atoms with Gasteiger partial charge in [0.1, 0.15) is 5.69 Å². The van der Waals surface area contributed by atoms with Crippen LogP contribution in [0.25, 0.3) is 11.1 Å². The van der Waals surface area contributed by atoms with Crippen molar-refractivity contribution in [2.75, 3.05) is 5.32 Å². The molecule has 108 valence electrons. The monoisotopic (exact) mass is 282 g/mol. The van der Waals surface area contributed by atoms with Crippen LogP contribution in [-0.4, -0.2) is 10.9 Å². The summed E-state index contributed by atoms with van der Waals surface area (Å²) in [5.41, 5.74) is 5.11. The normalized spacial score (nSPS) is 11.2. The summed E-state index contributed by atoms with van der Waals surface area (Å²) >= 11 is 0. The molecule has 3 aromatic rings. The molecule has 4 heteroatoms.